The lowest BCUT2D eigenvalue weighted by molar-refractivity contribution is 0.317. The van der Waals surface area contributed by atoms with Crippen molar-refractivity contribution < 1.29 is 13.2 Å². The Bertz CT molecular complexity index is 1060. The first-order chi connectivity index (χ1) is 13.0. The zero-order chi connectivity index (χ0) is 19.0. The van der Waals surface area contributed by atoms with E-state index in [-0.39, 0.29) is 0 Å². The molecule has 6 heteroatoms. The Morgan fingerprint density at radius 1 is 1.07 bits per heavy atom. The van der Waals surface area contributed by atoms with E-state index in [4.69, 9.17) is 4.74 Å². The van der Waals surface area contributed by atoms with E-state index >= 15 is 0 Å². The largest absolute Gasteiger partial charge is 0.497 e. The molecule has 0 amide bonds. The van der Waals surface area contributed by atoms with Crippen molar-refractivity contribution in [3.8, 4) is 5.75 Å². The molecule has 5 nitrogen and oxygen atoms in total. The van der Waals surface area contributed by atoms with Crippen LogP contribution in [0.5, 0.6) is 5.75 Å². The monoisotopic (exact) mass is 384 g/mol. The number of aromatic nitrogens is 1. The van der Waals surface area contributed by atoms with Crippen LogP contribution in [0.3, 0.4) is 0 Å². The van der Waals surface area contributed by atoms with E-state index in [2.05, 4.69) is 11.1 Å². The lowest BCUT2D eigenvalue weighted by atomic mass is 9.95. The predicted molar refractivity (Wildman–Crippen MR) is 107 cm³/mol. The number of aryl methyl sites for hydroxylation is 1. The molecule has 142 valence electrons. The van der Waals surface area contributed by atoms with Crippen LogP contribution in [-0.4, -0.2) is 37.9 Å². The van der Waals surface area contributed by atoms with Crippen molar-refractivity contribution in [2.24, 2.45) is 0 Å². The van der Waals surface area contributed by atoms with Crippen LogP contribution in [0.1, 0.15) is 30.0 Å². The summed E-state index contributed by atoms with van der Waals surface area (Å²) in [5.41, 5.74) is 3.05. The topological polar surface area (TPSA) is 62.4 Å². The zero-order valence-electron chi connectivity index (χ0n) is 15.6. The fourth-order valence-corrected chi connectivity index (χ4v) is 5.57. The highest BCUT2D eigenvalue weighted by Gasteiger charge is 2.31. The highest BCUT2D eigenvalue weighted by Crippen LogP contribution is 2.33. The molecule has 2 heterocycles. The summed E-state index contributed by atoms with van der Waals surface area (Å²) in [5.74, 6) is 1.18. The number of H-pyrrole nitrogens is 1. The van der Waals surface area contributed by atoms with Gasteiger partial charge < -0.3 is 9.72 Å². The van der Waals surface area contributed by atoms with Crippen molar-refractivity contribution in [1.82, 2.24) is 9.29 Å². The van der Waals surface area contributed by atoms with Crippen LogP contribution in [0.4, 0.5) is 0 Å². The predicted octanol–water partition coefficient (Wildman–Crippen LogP) is 4.05. The maximum atomic E-state index is 13.0. The average Bonchev–Trinajstić information content (AvgIpc) is 3.11. The van der Waals surface area contributed by atoms with Gasteiger partial charge in [0.05, 0.1) is 12.0 Å². The molecule has 27 heavy (non-hydrogen) atoms. The van der Waals surface area contributed by atoms with Crippen LogP contribution in [0.2, 0.25) is 0 Å². The van der Waals surface area contributed by atoms with Gasteiger partial charge in [-0.15, -0.1) is 0 Å². The number of methoxy groups -OCH3 is 1. The summed E-state index contributed by atoms with van der Waals surface area (Å²) in [7, 11) is -1.76. The third kappa shape index (κ3) is 3.35. The molecule has 0 saturated carbocycles. The molecule has 0 aliphatic carbocycles. The number of sulfonamides is 1. The van der Waals surface area contributed by atoms with Crippen molar-refractivity contribution in [1.29, 1.82) is 0 Å². The molecule has 4 rings (SSSR count). The first-order valence-corrected chi connectivity index (χ1v) is 10.7. The summed E-state index contributed by atoms with van der Waals surface area (Å²) < 4.78 is 32.8. The molecule has 0 atom stereocenters. The number of hydrogen-bond donors (Lipinski definition) is 1. The number of hydrogen-bond acceptors (Lipinski definition) is 3. The Morgan fingerprint density at radius 2 is 1.81 bits per heavy atom. The molecular formula is C21H24N2O3S. The number of piperidine rings is 1. The minimum Gasteiger partial charge on any atom is -0.497 e. The maximum Gasteiger partial charge on any atom is 0.243 e. The number of ether oxygens (including phenoxy) is 1. The molecule has 2 aromatic carbocycles. The molecule has 1 aliphatic heterocycles. The standard InChI is InChI=1S/C21H24N2O3S/c1-15-5-3-4-6-21(15)27(24,25)23-11-9-16(10-12-23)20-14-17-13-18(26-2)7-8-19(17)22-20/h3-8,13-14,16,22H,9-12H2,1-2H3. The number of benzene rings is 2. The number of rotatable bonds is 4. The van der Waals surface area contributed by atoms with E-state index in [0.29, 0.717) is 23.9 Å². The van der Waals surface area contributed by atoms with E-state index in [1.54, 1.807) is 23.5 Å². The number of fused-ring (bicyclic) bond motifs is 1. The molecule has 0 unspecified atom stereocenters. The molecule has 1 N–H and O–H groups in total. The third-order valence-electron chi connectivity index (χ3n) is 5.45. The molecule has 0 spiro atoms. The highest BCUT2D eigenvalue weighted by atomic mass is 32.2. The Morgan fingerprint density at radius 3 is 2.52 bits per heavy atom. The first-order valence-electron chi connectivity index (χ1n) is 9.21. The molecule has 0 bridgehead atoms. The van der Waals surface area contributed by atoms with Crippen LogP contribution in [0, 0.1) is 6.92 Å². The van der Waals surface area contributed by atoms with Crippen molar-refractivity contribution in [3.05, 3.63) is 59.8 Å². The smallest absolute Gasteiger partial charge is 0.243 e. The minimum absolute atomic E-state index is 0.340. The van der Waals surface area contributed by atoms with Crippen LogP contribution in [-0.2, 0) is 10.0 Å². The summed E-state index contributed by atoms with van der Waals surface area (Å²) in [6, 6.07) is 15.3. The summed E-state index contributed by atoms with van der Waals surface area (Å²) in [6.07, 6.45) is 1.63. The molecule has 1 aromatic heterocycles. The number of nitrogens with zero attached hydrogens (tertiary/aromatic N) is 1. The molecule has 0 radical (unpaired) electrons. The Kier molecular flexibility index (Phi) is 4.70. The van der Waals surface area contributed by atoms with Crippen molar-refractivity contribution in [2.45, 2.75) is 30.6 Å². The third-order valence-corrected chi connectivity index (χ3v) is 7.51. The van der Waals surface area contributed by atoms with Gasteiger partial charge in [-0.05, 0) is 55.7 Å². The fourth-order valence-electron chi connectivity index (χ4n) is 3.87. The summed E-state index contributed by atoms with van der Waals surface area (Å²) in [4.78, 5) is 3.91. The van der Waals surface area contributed by atoms with Gasteiger partial charge in [0.1, 0.15) is 5.75 Å². The fraction of sp³-hybridized carbons (Fsp3) is 0.333. The summed E-state index contributed by atoms with van der Waals surface area (Å²) >= 11 is 0. The number of nitrogens with one attached hydrogen (secondary N) is 1. The Balaban J connectivity index is 1.51. The van der Waals surface area contributed by atoms with E-state index in [1.165, 1.54) is 5.69 Å². The minimum atomic E-state index is -3.43. The second kappa shape index (κ2) is 7.02. The number of aromatic amines is 1. The van der Waals surface area contributed by atoms with Crippen LogP contribution in [0.25, 0.3) is 10.9 Å². The normalized spacial score (nSPS) is 16.7. The Hall–Kier alpha value is -2.31. The molecule has 1 aliphatic rings. The van der Waals surface area contributed by atoms with E-state index in [0.717, 1.165) is 35.1 Å². The second-order valence-electron chi connectivity index (χ2n) is 7.12. The SMILES string of the molecule is COc1ccc2[nH]c(C3CCN(S(=O)(=O)c4ccccc4C)CC3)cc2c1. The van der Waals surface area contributed by atoms with Gasteiger partial charge in [-0.25, -0.2) is 8.42 Å². The van der Waals surface area contributed by atoms with Crippen molar-refractivity contribution in [2.75, 3.05) is 20.2 Å². The van der Waals surface area contributed by atoms with E-state index < -0.39 is 10.0 Å². The molecule has 1 saturated heterocycles. The maximum absolute atomic E-state index is 13.0. The zero-order valence-corrected chi connectivity index (χ0v) is 16.4. The molecule has 3 aromatic rings. The highest BCUT2D eigenvalue weighted by molar-refractivity contribution is 7.89. The van der Waals surface area contributed by atoms with Gasteiger partial charge >= 0.3 is 0 Å². The average molecular weight is 385 g/mol. The van der Waals surface area contributed by atoms with Crippen molar-refractivity contribution >= 4 is 20.9 Å². The first kappa shape index (κ1) is 18.1. The van der Waals surface area contributed by atoms with Gasteiger partial charge in [0, 0.05) is 35.6 Å². The van der Waals surface area contributed by atoms with E-state index in [1.807, 2.05) is 37.3 Å². The van der Waals surface area contributed by atoms with E-state index in [9.17, 15) is 8.42 Å². The lowest BCUT2D eigenvalue weighted by Gasteiger charge is -2.31. The summed E-state index contributed by atoms with van der Waals surface area (Å²) in [5, 5.41) is 1.12. The van der Waals surface area contributed by atoms with Crippen LogP contribution < -0.4 is 4.74 Å². The van der Waals surface area contributed by atoms with Gasteiger partial charge in [0.2, 0.25) is 10.0 Å². The van der Waals surface area contributed by atoms with Gasteiger partial charge in [-0.1, -0.05) is 18.2 Å². The van der Waals surface area contributed by atoms with Gasteiger partial charge in [0.25, 0.3) is 0 Å². The quantitative estimate of drug-likeness (QED) is 0.738. The molecular weight excluding hydrogens is 360 g/mol. The van der Waals surface area contributed by atoms with Gasteiger partial charge in [-0.3, -0.25) is 0 Å². The lowest BCUT2D eigenvalue weighted by Crippen LogP contribution is -2.38. The van der Waals surface area contributed by atoms with Gasteiger partial charge in [0.15, 0.2) is 0 Å². The summed E-state index contributed by atoms with van der Waals surface area (Å²) in [6.45, 7) is 2.93. The van der Waals surface area contributed by atoms with Crippen LogP contribution in [0.15, 0.2) is 53.4 Å². The van der Waals surface area contributed by atoms with Crippen molar-refractivity contribution in [3.63, 3.8) is 0 Å². The van der Waals surface area contributed by atoms with Crippen LogP contribution >= 0.6 is 0 Å². The Labute approximate surface area is 160 Å². The molecule has 1 fully saturated rings. The second-order valence-corrected chi connectivity index (χ2v) is 9.03. The van der Waals surface area contributed by atoms with Gasteiger partial charge in [-0.2, -0.15) is 4.31 Å².